The van der Waals surface area contributed by atoms with Crippen molar-refractivity contribution in [1.29, 1.82) is 5.26 Å². The molecule has 0 saturated heterocycles. The zero-order chi connectivity index (χ0) is 14.3. The third-order valence-electron chi connectivity index (χ3n) is 2.99. The van der Waals surface area contributed by atoms with E-state index >= 15 is 0 Å². The molecule has 0 radical (unpaired) electrons. The van der Waals surface area contributed by atoms with E-state index in [4.69, 9.17) is 10.00 Å². The Morgan fingerprint density at radius 3 is 2.79 bits per heavy atom. The SMILES string of the molecule is CCC(C)S(=O)(=O)CCCOc1cccc(C#N)c1. The third-order valence-corrected chi connectivity index (χ3v) is 5.41. The van der Waals surface area contributed by atoms with Crippen molar-refractivity contribution in [1.82, 2.24) is 0 Å². The molecule has 1 aromatic rings. The van der Waals surface area contributed by atoms with Gasteiger partial charge in [0, 0.05) is 0 Å². The molecule has 1 aromatic carbocycles. The second kappa shape index (κ2) is 7.15. The van der Waals surface area contributed by atoms with Crippen LogP contribution in [-0.2, 0) is 9.84 Å². The molecule has 0 aliphatic rings. The Labute approximate surface area is 114 Å². The second-order valence-electron chi connectivity index (χ2n) is 4.43. The zero-order valence-corrected chi connectivity index (χ0v) is 12.1. The van der Waals surface area contributed by atoms with Crippen LogP contribution in [0.4, 0.5) is 0 Å². The van der Waals surface area contributed by atoms with Gasteiger partial charge >= 0.3 is 0 Å². The molecule has 1 unspecified atom stereocenters. The fourth-order valence-electron chi connectivity index (χ4n) is 1.56. The first-order valence-corrected chi connectivity index (χ1v) is 8.05. The molecule has 0 spiro atoms. The molecule has 0 saturated carbocycles. The molecule has 0 N–H and O–H groups in total. The van der Waals surface area contributed by atoms with Crippen molar-refractivity contribution in [2.75, 3.05) is 12.4 Å². The smallest absolute Gasteiger partial charge is 0.153 e. The number of benzene rings is 1. The lowest BCUT2D eigenvalue weighted by atomic mass is 10.2. The molecule has 0 aliphatic carbocycles. The summed E-state index contributed by atoms with van der Waals surface area (Å²) in [5.74, 6) is 0.736. The van der Waals surface area contributed by atoms with E-state index < -0.39 is 9.84 Å². The normalized spacial score (nSPS) is 12.7. The van der Waals surface area contributed by atoms with Crippen molar-refractivity contribution in [3.8, 4) is 11.8 Å². The quantitative estimate of drug-likeness (QED) is 0.720. The molecular formula is C14H19NO3S. The minimum Gasteiger partial charge on any atom is -0.494 e. The Morgan fingerprint density at radius 2 is 2.16 bits per heavy atom. The van der Waals surface area contributed by atoms with E-state index in [-0.39, 0.29) is 11.0 Å². The van der Waals surface area contributed by atoms with Crippen LogP contribution in [-0.4, -0.2) is 26.0 Å². The van der Waals surface area contributed by atoms with Crippen molar-refractivity contribution < 1.29 is 13.2 Å². The van der Waals surface area contributed by atoms with Gasteiger partial charge in [0.15, 0.2) is 9.84 Å². The summed E-state index contributed by atoms with van der Waals surface area (Å²) in [5, 5.41) is 8.45. The number of sulfone groups is 1. The van der Waals surface area contributed by atoms with E-state index in [9.17, 15) is 8.42 Å². The monoisotopic (exact) mass is 281 g/mol. The van der Waals surface area contributed by atoms with Gasteiger partial charge < -0.3 is 4.74 Å². The van der Waals surface area contributed by atoms with E-state index in [0.717, 1.165) is 0 Å². The average molecular weight is 281 g/mol. The van der Waals surface area contributed by atoms with E-state index in [1.165, 1.54) is 0 Å². The number of nitrogens with zero attached hydrogens (tertiary/aromatic N) is 1. The standard InChI is InChI=1S/C14H19NO3S/c1-3-12(2)19(16,17)9-5-8-18-14-7-4-6-13(10-14)11-15/h4,6-7,10,12H,3,5,8-9H2,1-2H3. The summed E-state index contributed by atoms with van der Waals surface area (Å²) in [5.41, 5.74) is 0.532. The van der Waals surface area contributed by atoms with Gasteiger partial charge in [-0.2, -0.15) is 5.26 Å². The molecule has 19 heavy (non-hydrogen) atoms. The Hall–Kier alpha value is -1.54. The summed E-state index contributed by atoms with van der Waals surface area (Å²) >= 11 is 0. The van der Waals surface area contributed by atoms with Crippen molar-refractivity contribution in [3.63, 3.8) is 0 Å². The Morgan fingerprint density at radius 1 is 1.42 bits per heavy atom. The van der Waals surface area contributed by atoms with Crippen LogP contribution < -0.4 is 4.74 Å². The van der Waals surface area contributed by atoms with E-state index in [1.54, 1.807) is 31.2 Å². The Bertz CT molecular complexity index is 546. The number of hydrogen-bond donors (Lipinski definition) is 0. The molecule has 1 rings (SSSR count). The van der Waals surface area contributed by atoms with Gasteiger partial charge in [0.05, 0.1) is 29.2 Å². The van der Waals surface area contributed by atoms with Gasteiger partial charge in [-0.3, -0.25) is 0 Å². The van der Waals surface area contributed by atoms with Crippen molar-refractivity contribution in [3.05, 3.63) is 29.8 Å². The van der Waals surface area contributed by atoms with Crippen molar-refractivity contribution in [2.45, 2.75) is 31.9 Å². The molecule has 0 amide bonds. The predicted molar refractivity (Wildman–Crippen MR) is 74.8 cm³/mol. The maximum absolute atomic E-state index is 11.8. The van der Waals surface area contributed by atoms with E-state index in [2.05, 4.69) is 0 Å². The molecule has 0 heterocycles. The Kier molecular flexibility index (Phi) is 5.84. The highest BCUT2D eigenvalue weighted by atomic mass is 32.2. The van der Waals surface area contributed by atoms with Gasteiger partial charge in [-0.1, -0.05) is 13.0 Å². The molecule has 104 valence electrons. The topological polar surface area (TPSA) is 67.2 Å². The first kappa shape index (κ1) is 15.5. The highest BCUT2D eigenvalue weighted by molar-refractivity contribution is 7.91. The zero-order valence-electron chi connectivity index (χ0n) is 11.3. The molecule has 0 aliphatic heterocycles. The molecule has 5 heteroatoms. The minimum absolute atomic E-state index is 0.139. The number of nitriles is 1. The lowest BCUT2D eigenvalue weighted by molar-refractivity contribution is 0.317. The summed E-state index contributed by atoms with van der Waals surface area (Å²) in [6.45, 7) is 3.93. The average Bonchev–Trinajstić information content (AvgIpc) is 2.43. The van der Waals surface area contributed by atoms with Gasteiger partial charge in [0.2, 0.25) is 0 Å². The van der Waals surface area contributed by atoms with E-state index in [0.29, 0.717) is 30.8 Å². The largest absolute Gasteiger partial charge is 0.494 e. The van der Waals surface area contributed by atoms with Crippen LogP contribution in [0.2, 0.25) is 0 Å². The summed E-state index contributed by atoms with van der Waals surface area (Å²) in [6, 6.07) is 8.86. The first-order valence-electron chi connectivity index (χ1n) is 6.34. The molecule has 0 aromatic heterocycles. The molecular weight excluding hydrogens is 262 g/mol. The Balaban J connectivity index is 2.41. The maximum atomic E-state index is 11.8. The van der Waals surface area contributed by atoms with Gasteiger partial charge in [-0.05, 0) is 38.0 Å². The van der Waals surface area contributed by atoms with Crippen LogP contribution in [0.1, 0.15) is 32.3 Å². The summed E-state index contributed by atoms with van der Waals surface area (Å²) in [6.07, 6.45) is 1.09. The third kappa shape index (κ3) is 4.92. The van der Waals surface area contributed by atoms with Gasteiger partial charge in [0.25, 0.3) is 0 Å². The summed E-state index contributed by atoms with van der Waals surface area (Å²) in [4.78, 5) is 0. The molecule has 0 bridgehead atoms. The van der Waals surface area contributed by atoms with E-state index in [1.807, 2.05) is 13.0 Å². The fraction of sp³-hybridized carbons (Fsp3) is 0.500. The minimum atomic E-state index is -3.01. The molecule has 1 atom stereocenters. The molecule has 4 nitrogen and oxygen atoms in total. The number of ether oxygens (including phenoxy) is 1. The highest BCUT2D eigenvalue weighted by Crippen LogP contribution is 2.13. The van der Waals surface area contributed by atoms with Crippen molar-refractivity contribution in [2.24, 2.45) is 0 Å². The second-order valence-corrected chi connectivity index (χ2v) is 6.97. The van der Waals surface area contributed by atoms with Crippen LogP contribution in [0.15, 0.2) is 24.3 Å². The van der Waals surface area contributed by atoms with Crippen LogP contribution in [0, 0.1) is 11.3 Å². The lowest BCUT2D eigenvalue weighted by Gasteiger charge is -2.11. The molecule has 0 fully saturated rings. The maximum Gasteiger partial charge on any atom is 0.153 e. The van der Waals surface area contributed by atoms with Crippen molar-refractivity contribution >= 4 is 9.84 Å². The summed E-state index contributed by atoms with van der Waals surface area (Å²) in [7, 11) is -3.01. The fourth-order valence-corrected chi connectivity index (χ4v) is 2.99. The van der Waals surface area contributed by atoms with Crippen LogP contribution in [0.25, 0.3) is 0 Å². The van der Waals surface area contributed by atoms with Gasteiger partial charge in [-0.15, -0.1) is 0 Å². The first-order chi connectivity index (χ1) is 8.99. The number of rotatable bonds is 7. The summed E-state index contributed by atoms with van der Waals surface area (Å²) < 4.78 is 29.0. The van der Waals surface area contributed by atoms with Gasteiger partial charge in [0.1, 0.15) is 5.75 Å². The van der Waals surface area contributed by atoms with Crippen LogP contribution in [0.5, 0.6) is 5.75 Å². The number of hydrogen-bond acceptors (Lipinski definition) is 4. The highest BCUT2D eigenvalue weighted by Gasteiger charge is 2.18. The van der Waals surface area contributed by atoms with Crippen LogP contribution >= 0.6 is 0 Å². The predicted octanol–water partition coefficient (Wildman–Crippen LogP) is 2.54. The van der Waals surface area contributed by atoms with Crippen LogP contribution in [0.3, 0.4) is 0 Å². The lowest BCUT2D eigenvalue weighted by Crippen LogP contribution is -2.21. The van der Waals surface area contributed by atoms with Gasteiger partial charge in [-0.25, -0.2) is 8.42 Å².